The van der Waals surface area contributed by atoms with Gasteiger partial charge in [0.15, 0.2) is 0 Å². The highest BCUT2D eigenvalue weighted by Crippen LogP contribution is 2.23. The number of aromatic amines is 1. The molecule has 0 aliphatic heterocycles. The number of hydrogen-bond donors (Lipinski definition) is 1. The fraction of sp³-hybridized carbons (Fsp3) is 0. The van der Waals surface area contributed by atoms with Crippen LogP contribution in [0.1, 0.15) is 15.9 Å². The fourth-order valence-electron chi connectivity index (χ4n) is 2.94. The van der Waals surface area contributed by atoms with E-state index >= 15 is 0 Å². The standard InChI is InChI=1S/C21H14N4O/c22-13-16(21(26)18-14-23-19-8-3-2-7-17(18)19)12-15-6-1-4-9-20(15)25-11-5-10-24-25/h1-12,14,23H/b16-12-. The van der Waals surface area contributed by atoms with Crippen LogP contribution in [-0.4, -0.2) is 20.5 Å². The first kappa shape index (κ1) is 15.6. The van der Waals surface area contributed by atoms with Gasteiger partial charge in [-0.2, -0.15) is 10.4 Å². The summed E-state index contributed by atoms with van der Waals surface area (Å²) < 4.78 is 1.71. The van der Waals surface area contributed by atoms with E-state index in [2.05, 4.69) is 10.1 Å². The van der Waals surface area contributed by atoms with Crippen LogP contribution in [-0.2, 0) is 0 Å². The van der Waals surface area contributed by atoms with E-state index in [1.165, 1.54) is 0 Å². The summed E-state index contributed by atoms with van der Waals surface area (Å²) in [5, 5.41) is 14.6. The molecule has 0 unspecified atom stereocenters. The van der Waals surface area contributed by atoms with Crippen molar-refractivity contribution in [3.63, 3.8) is 0 Å². The molecule has 4 rings (SSSR count). The maximum Gasteiger partial charge on any atom is 0.205 e. The van der Waals surface area contributed by atoms with Gasteiger partial charge in [-0.1, -0.05) is 36.4 Å². The Bertz CT molecular complexity index is 1160. The molecule has 0 aliphatic rings. The van der Waals surface area contributed by atoms with E-state index in [9.17, 15) is 10.1 Å². The van der Waals surface area contributed by atoms with E-state index in [1.807, 2.05) is 66.9 Å². The average Bonchev–Trinajstić information content (AvgIpc) is 3.35. The molecular formula is C21H14N4O. The number of nitrogens with one attached hydrogen (secondary N) is 1. The Morgan fingerprint density at radius 2 is 1.92 bits per heavy atom. The molecule has 2 aromatic carbocycles. The lowest BCUT2D eigenvalue weighted by molar-refractivity contribution is 0.104. The molecule has 5 heteroatoms. The van der Waals surface area contributed by atoms with Crippen LogP contribution in [0.25, 0.3) is 22.7 Å². The SMILES string of the molecule is N#C/C(=C/c1ccccc1-n1cccn1)C(=O)c1c[nH]c2ccccc12. The number of H-pyrrole nitrogens is 1. The number of hydrogen-bond acceptors (Lipinski definition) is 3. The monoisotopic (exact) mass is 338 g/mol. The number of nitrogens with zero attached hydrogens (tertiary/aromatic N) is 3. The molecule has 0 atom stereocenters. The van der Waals surface area contributed by atoms with E-state index in [4.69, 9.17) is 0 Å². The Kier molecular flexibility index (Phi) is 3.92. The number of aromatic nitrogens is 3. The number of rotatable bonds is 4. The molecule has 0 spiro atoms. The maximum absolute atomic E-state index is 12.9. The number of benzene rings is 2. The van der Waals surface area contributed by atoms with Crippen LogP contribution in [0.15, 0.2) is 78.8 Å². The quantitative estimate of drug-likeness (QED) is 0.345. The van der Waals surface area contributed by atoms with Crippen molar-refractivity contribution < 1.29 is 4.79 Å². The zero-order chi connectivity index (χ0) is 17.9. The number of allylic oxidation sites excluding steroid dienone is 1. The van der Waals surface area contributed by atoms with Gasteiger partial charge in [0.25, 0.3) is 0 Å². The summed E-state index contributed by atoms with van der Waals surface area (Å²) in [4.78, 5) is 16.0. The average molecular weight is 338 g/mol. The second-order valence-corrected chi connectivity index (χ2v) is 5.76. The van der Waals surface area contributed by atoms with Gasteiger partial charge < -0.3 is 4.98 Å². The Balaban J connectivity index is 1.79. The van der Waals surface area contributed by atoms with E-state index < -0.39 is 0 Å². The van der Waals surface area contributed by atoms with Crippen LogP contribution in [0.3, 0.4) is 0 Å². The van der Waals surface area contributed by atoms with Gasteiger partial charge in [0.2, 0.25) is 5.78 Å². The molecule has 0 bridgehead atoms. The lowest BCUT2D eigenvalue weighted by Crippen LogP contribution is -2.02. The van der Waals surface area contributed by atoms with Gasteiger partial charge in [0, 0.05) is 40.6 Å². The van der Waals surface area contributed by atoms with Crippen LogP contribution in [0, 0.1) is 11.3 Å². The van der Waals surface area contributed by atoms with Gasteiger partial charge in [-0.3, -0.25) is 4.79 Å². The summed E-state index contributed by atoms with van der Waals surface area (Å²) in [5.41, 5.74) is 2.99. The molecule has 124 valence electrons. The third kappa shape index (κ3) is 2.70. The van der Waals surface area contributed by atoms with Crippen molar-refractivity contribution in [1.82, 2.24) is 14.8 Å². The van der Waals surface area contributed by atoms with Crippen LogP contribution < -0.4 is 0 Å². The minimum absolute atomic E-state index is 0.0781. The van der Waals surface area contributed by atoms with E-state index in [0.29, 0.717) is 5.56 Å². The van der Waals surface area contributed by atoms with Crippen LogP contribution in [0.5, 0.6) is 0 Å². The van der Waals surface area contributed by atoms with E-state index in [0.717, 1.165) is 22.2 Å². The maximum atomic E-state index is 12.9. The van der Waals surface area contributed by atoms with Crippen LogP contribution in [0.4, 0.5) is 0 Å². The lowest BCUT2D eigenvalue weighted by atomic mass is 10.0. The van der Waals surface area contributed by atoms with E-state index in [-0.39, 0.29) is 11.4 Å². The third-order valence-corrected chi connectivity index (χ3v) is 4.19. The largest absolute Gasteiger partial charge is 0.360 e. The van der Waals surface area contributed by atoms with Crippen molar-refractivity contribution >= 4 is 22.8 Å². The summed E-state index contributed by atoms with van der Waals surface area (Å²) in [6, 6.07) is 18.9. The van der Waals surface area contributed by atoms with Crippen molar-refractivity contribution in [2.24, 2.45) is 0 Å². The molecule has 2 aromatic heterocycles. The first-order chi connectivity index (χ1) is 12.8. The van der Waals surface area contributed by atoms with Gasteiger partial charge in [-0.25, -0.2) is 4.68 Å². The minimum atomic E-state index is -0.305. The molecule has 0 aliphatic carbocycles. The molecule has 5 nitrogen and oxygen atoms in total. The minimum Gasteiger partial charge on any atom is -0.360 e. The zero-order valence-electron chi connectivity index (χ0n) is 13.8. The molecule has 26 heavy (non-hydrogen) atoms. The first-order valence-electron chi connectivity index (χ1n) is 8.09. The predicted octanol–water partition coefficient (Wildman–Crippen LogP) is 4.14. The van der Waals surface area contributed by atoms with Gasteiger partial charge in [0.1, 0.15) is 11.6 Å². The van der Waals surface area contributed by atoms with Gasteiger partial charge in [-0.05, 0) is 24.3 Å². The Hall–Kier alpha value is -3.91. The molecular weight excluding hydrogens is 324 g/mol. The number of nitriles is 1. The first-order valence-corrected chi connectivity index (χ1v) is 8.09. The zero-order valence-corrected chi connectivity index (χ0v) is 13.8. The third-order valence-electron chi connectivity index (χ3n) is 4.19. The smallest absolute Gasteiger partial charge is 0.205 e. The molecule has 0 saturated heterocycles. The fourth-order valence-corrected chi connectivity index (χ4v) is 2.94. The topological polar surface area (TPSA) is 74.5 Å². The molecule has 0 radical (unpaired) electrons. The number of ketones is 1. The lowest BCUT2D eigenvalue weighted by Gasteiger charge is -2.06. The number of Topliss-reactive ketones (excluding diaryl/α,β-unsaturated/α-hetero) is 1. The Morgan fingerprint density at radius 1 is 1.12 bits per heavy atom. The molecule has 1 N–H and O–H groups in total. The molecule has 0 saturated carbocycles. The summed E-state index contributed by atoms with van der Waals surface area (Å²) in [7, 11) is 0. The summed E-state index contributed by atoms with van der Waals surface area (Å²) >= 11 is 0. The number of carbonyl (C=O) groups is 1. The Morgan fingerprint density at radius 3 is 2.73 bits per heavy atom. The van der Waals surface area contributed by atoms with Gasteiger partial charge >= 0.3 is 0 Å². The number of para-hydroxylation sites is 2. The second kappa shape index (κ2) is 6.54. The Labute approximate surface area is 149 Å². The second-order valence-electron chi connectivity index (χ2n) is 5.76. The highest BCUT2D eigenvalue weighted by atomic mass is 16.1. The molecule has 4 aromatic rings. The number of fused-ring (bicyclic) bond motifs is 1. The van der Waals surface area contributed by atoms with Crippen molar-refractivity contribution in [3.05, 3.63) is 89.9 Å². The summed E-state index contributed by atoms with van der Waals surface area (Å²) in [6.07, 6.45) is 6.77. The van der Waals surface area contributed by atoms with Crippen molar-refractivity contribution in [2.45, 2.75) is 0 Å². The van der Waals surface area contributed by atoms with Crippen molar-refractivity contribution in [1.29, 1.82) is 5.26 Å². The van der Waals surface area contributed by atoms with Crippen LogP contribution >= 0.6 is 0 Å². The van der Waals surface area contributed by atoms with Crippen molar-refractivity contribution in [2.75, 3.05) is 0 Å². The summed E-state index contributed by atoms with van der Waals surface area (Å²) in [5.74, 6) is -0.305. The molecule has 0 fully saturated rings. The highest BCUT2D eigenvalue weighted by molar-refractivity contribution is 6.19. The van der Waals surface area contributed by atoms with Gasteiger partial charge in [-0.15, -0.1) is 0 Å². The molecule has 0 amide bonds. The van der Waals surface area contributed by atoms with Crippen LogP contribution in [0.2, 0.25) is 0 Å². The predicted molar refractivity (Wildman–Crippen MR) is 99.8 cm³/mol. The van der Waals surface area contributed by atoms with Crippen molar-refractivity contribution in [3.8, 4) is 11.8 Å². The number of carbonyl (C=O) groups excluding carboxylic acids is 1. The molecule has 2 heterocycles. The summed E-state index contributed by atoms with van der Waals surface area (Å²) in [6.45, 7) is 0. The highest BCUT2D eigenvalue weighted by Gasteiger charge is 2.17. The normalized spacial score (nSPS) is 11.4. The van der Waals surface area contributed by atoms with E-state index in [1.54, 1.807) is 23.2 Å². The van der Waals surface area contributed by atoms with Gasteiger partial charge in [0.05, 0.1) is 5.69 Å².